The second-order valence-corrected chi connectivity index (χ2v) is 7.48. The van der Waals surface area contributed by atoms with E-state index in [1.165, 1.54) is 18.2 Å². The van der Waals surface area contributed by atoms with Gasteiger partial charge >= 0.3 is 0 Å². The van der Waals surface area contributed by atoms with Gasteiger partial charge in [-0.2, -0.15) is 0 Å². The van der Waals surface area contributed by atoms with E-state index >= 15 is 0 Å². The van der Waals surface area contributed by atoms with Crippen LogP contribution in [0.3, 0.4) is 0 Å². The fourth-order valence-corrected chi connectivity index (χ4v) is 3.88. The number of hydrogen-bond donors (Lipinski definition) is 1. The fourth-order valence-electron chi connectivity index (χ4n) is 3.40. The molecule has 5 nitrogen and oxygen atoms in total. The van der Waals surface area contributed by atoms with Gasteiger partial charge in [0.1, 0.15) is 23.6 Å². The number of carbonyl (C=O) groups is 1. The van der Waals surface area contributed by atoms with Crippen LogP contribution in [0.15, 0.2) is 67.0 Å². The van der Waals surface area contributed by atoms with Gasteiger partial charge in [0.05, 0.1) is 11.7 Å². The number of carbonyl (C=O) groups excluding carboxylic acids is 1. The number of nitrogens with zero attached hydrogens (tertiary/aromatic N) is 1. The van der Waals surface area contributed by atoms with Crippen LogP contribution in [0.25, 0.3) is 11.3 Å². The smallest absolute Gasteiger partial charge is 0.157 e. The standard InChI is InChI=1S/C22H16FNO4S/c23-17-7-8-20-18(10-17)19(12-25)21(16-2-1-9-24-11-16)22(28-20)15-5-3-14(4-6-15)13-29(26)27/h1-12,19H,13H2,(H,26,27). The Kier molecular flexibility index (Phi) is 5.33. The SMILES string of the molecule is O=CC1C(c2cccnc2)=C(c2ccc(CS(=O)O)cc2)Oc2ccc(F)cc21. The van der Waals surface area contributed by atoms with Crippen LogP contribution >= 0.6 is 0 Å². The Morgan fingerprint density at radius 3 is 2.59 bits per heavy atom. The minimum absolute atomic E-state index is 0.0225. The van der Waals surface area contributed by atoms with Crippen LogP contribution in [0, 0.1) is 5.82 Å². The number of aromatic nitrogens is 1. The molecule has 4 rings (SSSR count). The molecule has 2 atom stereocenters. The topological polar surface area (TPSA) is 76.5 Å². The highest BCUT2D eigenvalue weighted by atomic mass is 32.2. The van der Waals surface area contributed by atoms with Crippen molar-refractivity contribution in [1.82, 2.24) is 4.98 Å². The second kappa shape index (κ2) is 8.06. The highest BCUT2D eigenvalue weighted by Crippen LogP contribution is 2.45. The number of benzene rings is 2. The molecule has 146 valence electrons. The largest absolute Gasteiger partial charge is 0.456 e. The van der Waals surface area contributed by atoms with Gasteiger partial charge in [-0.3, -0.25) is 4.98 Å². The Labute approximate surface area is 169 Å². The lowest BCUT2D eigenvalue weighted by atomic mass is 9.83. The zero-order valence-corrected chi connectivity index (χ0v) is 15.9. The summed E-state index contributed by atoms with van der Waals surface area (Å²) < 4.78 is 40.1. The summed E-state index contributed by atoms with van der Waals surface area (Å²) in [5.74, 6) is -0.278. The third-order valence-corrected chi connectivity index (χ3v) is 5.27. The van der Waals surface area contributed by atoms with Crippen molar-refractivity contribution in [3.8, 4) is 5.75 Å². The number of fused-ring (bicyclic) bond motifs is 1. The van der Waals surface area contributed by atoms with Gasteiger partial charge in [0, 0.05) is 34.7 Å². The molecule has 7 heteroatoms. The normalized spacial score (nSPS) is 16.7. The summed E-state index contributed by atoms with van der Waals surface area (Å²) in [6.07, 6.45) is 4.02. The number of hydrogen-bond acceptors (Lipinski definition) is 4. The molecule has 2 unspecified atom stereocenters. The van der Waals surface area contributed by atoms with Crippen molar-refractivity contribution in [3.05, 3.63) is 95.1 Å². The Morgan fingerprint density at radius 1 is 1.14 bits per heavy atom. The van der Waals surface area contributed by atoms with E-state index in [-0.39, 0.29) is 5.75 Å². The van der Waals surface area contributed by atoms with Crippen LogP contribution in [0.5, 0.6) is 5.75 Å². The van der Waals surface area contributed by atoms with Gasteiger partial charge in [0.15, 0.2) is 11.1 Å². The zero-order chi connectivity index (χ0) is 20.4. The Bertz CT molecular complexity index is 1110. The van der Waals surface area contributed by atoms with Crippen molar-refractivity contribution < 1.29 is 22.7 Å². The predicted octanol–water partition coefficient (Wildman–Crippen LogP) is 4.19. The van der Waals surface area contributed by atoms with Crippen LogP contribution < -0.4 is 4.74 Å². The van der Waals surface area contributed by atoms with Gasteiger partial charge in [-0.05, 0) is 29.8 Å². The number of rotatable bonds is 5. The second-order valence-electron chi connectivity index (χ2n) is 6.55. The van der Waals surface area contributed by atoms with E-state index in [9.17, 15) is 13.4 Å². The summed E-state index contributed by atoms with van der Waals surface area (Å²) >= 11 is -1.94. The molecule has 1 aliphatic heterocycles. The maximum atomic E-state index is 13.9. The molecular formula is C22H16FNO4S. The molecule has 0 aliphatic carbocycles. The first-order valence-electron chi connectivity index (χ1n) is 8.80. The third-order valence-electron chi connectivity index (χ3n) is 4.69. The summed E-state index contributed by atoms with van der Waals surface area (Å²) in [4.78, 5) is 16.2. The minimum Gasteiger partial charge on any atom is -0.456 e. The van der Waals surface area contributed by atoms with E-state index in [1.807, 2.05) is 6.07 Å². The molecule has 1 aromatic heterocycles. The quantitative estimate of drug-likeness (QED) is 0.505. The van der Waals surface area contributed by atoms with Crippen molar-refractivity contribution in [3.63, 3.8) is 0 Å². The fraction of sp³-hybridized carbons (Fsp3) is 0.0909. The lowest BCUT2D eigenvalue weighted by Crippen LogP contribution is -2.16. The maximum Gasteiger partial charge on any atom is 0.157 e. The van der Waals surface area contributed by atoms with E-state index in [0.29, 0.717) is 39.3 Å². The monoisotopic (exact) mass is 409 g/mol. The third kappa shape index (κ3) is 3.87. The van der Waals surface area contributed by atoms with Crippen LogP contribution in [0.4, 0.5) is 4.39 Å². The van der Waals surface area contributed by atoms with Crippen molar-refractivity contribution in [2.45, 2.75) is 11.7 Å². The van der Waals surface area contributed by atoms with Crippen molar-refractivity contribution in [2.75, 3.05) is 0 Å². The lowest BCUT2D eigenvalue weighted by molar-refractivity contribution is -0.108. The maximum absolute atomic E-state index is 13.9. The molecule has 1 aliphatic rings. The molecular weight excluding hydrogens is 393 g/mol. The summed E-state index contributed by atoms with van der Waals surface area (Å²) in [6.45, 7) is 0. The summed E-state index contributed by atoms with van der Waals surface area (Å²) in [5, 5.41) is 0. The summed E-state index contributed by atoms with van der Waals surface area (Å²) in [6, 6.07) is 14.7. The van der Waals surface area contributed by atoms with Crippen LogP contribution in [-0.2, 0) is 21.6 Å². The molecule has 0 saturated carbocycles. The molecule has 0 amide bonds. The molecule has 3 aromatic rings. The molecule has 2 heterocycles. The summed E-state index contributed by atoms with van der Waals surface area (Å²) in [7, 11) is 0. The summed E-state index contributed by atoms with van der Waals surface area (Å²) in [5.41, 5.74) is 3.12. The number of aldehydes is 1. The molecule has 0 saturated heterocycles. The number of pyridine rings is 1. The lowest BCUT2D eigenvalue weighted by Gasteiger charge is -2.28. The molecule has 1 N–H and O–H groups in total. The zero-order valence-electron chi connectivity index (χ0n) is 15.1. The van der Waals surface area contributed by atoms with Crippen molar-refractivity contribution in [2.24, 2.45) is 0 Å². The van der Waals surface area contributed by atoms with E-state index in [1.54, 1.807) is 42.7 Å². The number of allylic oxidation sites excluding steroid dienone is 1. The van der Waals surface area contributed by atoms with Gasteiger partial charge in [0.2, 0.25) is 0 Å². The Balaban J connectivity index is 1.89. The van der Waals surface area contributed by atoms with E-state index in [0.717, 1.165) is 6.29 Å². The van der Waals surface area contributed by atoms with Gasteiger partial charge in [-0.15, -0.1) is 0 Å². The number of ether oxygens (including phenoxy) is 1. The first-order chi connectivity index (χ1) is 14.1. The Hall–Kier alpha value is -3.16. The average Bonchev–Trinajstić information content (AvgIpc) is 2.73. The molecule has 0 spiro atoms. The van der Waals surface area contributed by atoms with Crippen molar-refractivity contribution in [1.29, 1.82) is 0 Å². The first kappa shape index (κ1) is 19.2. The highest BCUT2D eigenvalue weighted by molar-refractivity contribution is 7.78. The van der Waals surface area contributed by atoms with E-state index < -0.39 is 22.8 Å². The van der Waals surface area contributed by atoms with Gasteiger partial charge in [-0.1, -0.05) is 30.3 Å². The first-order valence-corrected chi connectivity index (χ1v) is 10.1. The molecule has 0 bridgehead atoms. The minimum atomic E-state index is -1.94. The van der Waals surface area contributed by atoms with E-state index in [2.05, 4.69) is 4.98 Å². The van der Waals surface area contributed by atoms with Crippen LogP contribution in [-0.4, -0.2) is 20.0 Å². The predicted molar refractivity (Wildman–Crippen MR) is 108 cm³/mol. The van der Waals surface area contributed by atoms with Gasteiger partial charge in [0.25, 0.3) is 0 Å². The molecule has 29 heavy (non-hydrogen) atoms. The number of halogens is 1. The van der Waals surface area contributed by atoms with Gasteiger partial charge < -0.3 is 14.1 Å². The molecule has 2 aromatic carbocycles. The Morgan fingerprint density at radius 2 is 1.93 bits per heavy atom. The highest BCUT2D eigenvalue weighted by Gasteiger charge is 2.31. The van der Waals surface area contributed by atoms with Gasteiger partial charge in [-0.25, -0.2) is 8.60 Å². The van der Waals surface area contributed by atoms with E-state index in [4.69, 9.17) is 9.29 Å². The average molecular weight is 409 g/mol. The molecule has 0 fully saturated rings. The van der Waals surface area contributed by atoms with Crippen molar-refractivity contribution >= 4 is 28.7 Å². The van der Waals surface area contributed by atoms with Crippen LogP contribution in [0.2, 0.25) is 0 Å². The van der Waals surface area contributed by atoms with Crippen LogP contribution in [0.1, 0.15) is 28.2 Å². The molecule has 0 radical (unpaired) electrons.